The number of hydrogen-bond donors (Lipinski definition) is 6. The Labute approximate surface area is 514 Å². The van der Waals surface area contributed by atoms with Crippen LogP contribution in [0.1, 0.15) is 91.7 Å². The molecule has 1 unspecified atom stereocenters. The van der Waals surface area contributed by atoms with Crippen LogP contribution in [0.25, 0.3) is 21.5 Å². The number of benzene rings is 7. The van der Waals surface area contributed by atoms with Gasteiger partial charge in [-0.2, -0.15) is 0 Å². The Morgan fingerprint density at radius 2 is 1.02 bits per heavy atom. The van der Waals surface area contributed by atoms with Gasteiger partial charge in [-0.3, -0.25) is 9.59 Å². The summed E-state index contributed by atoms with van der Waals surface area (Å²) in [7, 11) is 3.25. The highest BCUT2D eigenvalue weighted by Crippen LogP contribution is 2.49. The second kappa shape index (κ2) is 27.1. The van der Waals surface area contributed by atoms with Crippen molar-refractivity contribution in [1.29, 1.82) is 0 Å². The number of nitrogens with one attached hydrogen (secondary N) is 2. The molecule has 1 saturated heterocycles. The van der Waals surface area contributed by atoms with Gasteiger partial charge in [0, 0.05) is 134 Å². The summed E-state index contributed by atoms with van der Waals surface area (Å²) in [6.45, 7) is 20.3. The summed E-state index contributed by atoms with van der Waals surface area (Å²) in [6.07, 6.45) is 12.8. The van der Waals surface area contributed by atoms with E-state index in [9.17, 15) is 9.59 Å². The van der Waals surface area contributed by atoms with Gasteiger partial charge >= 0.3 is 5.97 Å². The van der Waals surface area contributed by atoms with Crippen molar-refractivity contribution in [2.45, 2.75) is 97.1 Å². The number of rotatable bonds is 9. The molecule has 1 aliphatic carbocycles. The lowest BCUT2D eigenvalue weighted by Crippen LogP contribution is -2.49. The third-order valence-electron chi connectivity index (χ3n) is 17.3. The first-order valence-electron chi connectivity index (χ1n) is 30.6. The van der Waals surface area contributed by atoms with Crippen LogP contribution in [0.5, 0.6) is 0 Å². The van der Waals surface area contributed by atoms with Crippen LogP contribution in [0.4, 0.5) is 45.5 Å². The van der Waals surface area contributed by atoms with Crippen molar-refractivity contribution in [3.8, 4) is 0 Å². The maximum absolute atomic E-state index is 13.7. The highest BCUT2D eigenvalue weighted by Gasteiger charge is 2.41. The maximum atomic E-state index is 13.7. The number of piperazine rings is 1. The molecule has 14 heteroatoms. The molecule has 10 N–H and O–H groups in total. The van der Waals surface area contributed by atoms with Gasteiger partial charge in [0.25, 0.3) is 0 Å². The van der Waals surface area contributed by atoms with E-state index in [1.165, 1.54) is 50.8 Å². The van der Waals surface area contributed by atoms with Crippen LogP contribution in [0.15, 0.2) is 192 Å². The van der Waals surface area contributed by atoms with E-state index in [0.717, 1.165) is 95.4 Å². The minimum absolute atomic E-state index is 0.0139. The summed E-state index contributed by atoms with van der Waals surface area (Å²) in [5.74, 6) is -0.404. The van der Waals surface area contributed by atoms with Gasteiger partial charge in [0.15, 0.2) is 13.1 Å². The Bertz CT molecular complexity index is 3640. The van der Waals surface area contributed by atoms with Crippen molar-refractivity contribution in [3.05, 3.63) is 204 Å². The summed E-state index contributed by atoms with van der Waals surface area (Å²) < 4.78 is 12.6. The molecule has 12 rings (SSSR count). The molecule has 5 aliphatic rings. The van der Waals surface area contributed by atoms with Crippen molar-refractivity contribution in [2.24, 2.45) is 0 Å². The van der Waals surface area contributed by atoms with Crippen LogP contribution in [-0.2, 0) is 29.9 Å². The number of anilines is 8. The zero-order chi connectivity index (χ0) is 62.0. The molecule has 87 heavy (non-hydrogen) atoms. The van der Waals surface area contributed by atoms with Crippen molar-refractivity contribution in [3.63, 3.8) is 0 Å². The van der Waals surface area contributed by atoms with Crippen LogP contribution in [-0.4, -0.2) is 92.8 Å². The van der Waals surface area contributed by atoms with E-state index in [-0.39, 0.29) is 42.2 Å². The van der Waals surface area contributed by atoms with Crippen LogP contribution < -0.4 is 43.4 Å². The molecule has 454 valence electrons. The molecule has 14 nitrogen and oxygen atoms in total. The normalized spacial score (nSPS) is 19.7. The number of nitrogens with zero attached hydrogens (tertiary/aromatic N) is 4. The molecule has 4 heterocycles. The van der Waals surface area contributed by atoms with Gasteiger partial charge in [0.2, 0.25) is 11.6 Å². The minimum atomic E-state index is -0.723. The van der Waals surface area contributed by atoms with Gasteiger partial charge < -0.3 is 57.7 Å². The third kappa shape index (κ3) is 13.5. The Morgan fingerprint density at radius 1 is 0.563 bits per heavy atom. The smallest absolute Gasteiger partial charge is 0.306 e. The third-order valence-corrected chi connectivity index (χ3v) is 17.3. The van der Waals surface area contributed by atoms with Gasteiger partial charge in [-0.15, -0.1) is 0 Å². The molecule has 2 fully saturated rings. The predicted molar refractivity (Wildman–Crippen MR) is 364 cm³/mol. The van der Waals surface area contributed by atoms with Crippen LogP contribution in [0.3, 0.4) is 0 Å². The minimum Gasteiger partial charge on any atom is -0.461 e. The SMILES string of the molecule is CCN1/C(=C/C=C2\CCC/C(=C\C=C3\N(CC)c4ccccc4C3(C)C)C2=[N+]2CCN(C(=O)CCC(=O)OCC3(C)Nc4cccc5c(N)ccc(c45)N3)CC2)C(C)(C)c2ccccc21.COC.Nc1ccc(N)c2ccccc12.Nc1ccccc1. The molecule has 0 spiro atoms. The summed E-state index contributed by atoms with van der Waals surface area (Å²) >= 11 is 0. The molecule has 0 radical (unpaired) electrons. The fourth-order valence-corrected chi connectivity index (χ4v) is 12.9. The predicted octanol–water partition coefficient (Wildman–Crippen LogP) is 13.6. The number of carbonyl (C=O) groups is 2. The lowest BCUT2D eigenvalue weighted by molar-refractivity contribution is -0.537. The number of esters is 1. The number of allylic oxidation sites excluding steroid dienone is 8. The molecule has 0 aromatic heterocycles. The molecule has 1 atom stereocenters. The van der Waals surface area contributed by atoms with E-state index in [0.29, 0.717) is 18.8 Å². The van der Waals surface area contributed by atoms with Crippen LogP contribution in [0.2, 0.25) is 0 Å². The molecule has 4 aliphatic heterocycles. The van der Waals surface area contributed by atoms with E-state index >= 15 is 0 Å². The Kier molecular flexibility index (Phi) is 19.5. The molecular weight excluding hydrogens is 1080 g/mol. The van der Waals surface area contributed by atoms with Crippen molar-refractivity contribution in [1.82, 2.24) is 4.90 Å². The van der Waals surface area contributed by atoms with E-state index in [1.807, 2.05) is 109 Å². The standard InChI is InChI=1S/C55H66N7O3.C10H10N2.C6H7N.C2H6O/c1-8-61-45-22-12-10-19-40(45)53(3,4)47(61)28-24-37-16-14-17-38(25-29-48-54(5,6)41-20-11-13-23-46(41)62(48)9-2)52(37)60-34-32-59(33-35-60)49(63)30-31-50(64)65-36-55(7)57-43-21-15-18-39-42(56)26-27-44(58-55)51(39)43;11-9-5-6-10(12)8-4-2-1-3-7(8)9;7-6-4-2-1-3-5-6;1-3-2/h10-13,15,18-29,57-58H,8-9,14,16-17,30-36,56H2,1-7H3;1-6H,11-12H2;1-5H,7H2;1-2H3/q+1;;;. The number of amides is 1. The number of fused-ring (bicyclic) bond motifs is 3. The molecular formula is C73H89N10O4+. The van der Waals surface area contributed by atoms with E-state index < -0.39 is 5.66 Å². The summed E-state index contributed by atoms with van der Waals surface area (Å²) in [5.41, 5.74) is 39.1. The first-order valence-corrected chi connectivity index (χ1v) is 30.6. The highest BCUT2D eigenvalue weighted by atomic mass is 16.5. The number of nitrogens with two attached hydrogens (primary N) is 4. The molecule has 1 amide bonds. The number of hydrogen-bond acceptors (Lipinski definition) is 12. The molecule has 0 bridgehead atoms. The van der Waals surface area contributed by atoms with Gasteiger partial charge in [-0.1, -0.05) is 131 Å². The van der Waals surface area contributed by atoms with Gasteiger partial charge in [0.1, 0.15) is 12.3 Å². The topological polar surface area (TPSA) is 193 Å². The number of para-hydroxylation sites is 3. The number of carbonyl (C=O) groups excluding carboxylic acids is 2. The summed E-state index contributed by atoms with van der Waals surface area (Å²) in [6, 6.07) is 48.5. The highest BCUT2D eigenvalue weighted by molar-refractivity contribution is 6.11. The van der Waals surface area contributed by atoms with Crippen molar-refractivity contribution >= 4 is 84.6 Å². The number of methoxy groups -OCH3 is 1. The quantitative estimate of drug-likeness (QED) is 0.0456. The van der Waals surface area contributed by atoms with E-state index in [1.54, 1.807) is 14.2 Å². The van der Waals surface area contributed by atoms with Crippen molar-refractivity contribution in [2.75, 3.05) is 103 Å². The lowest BCUT2D eigenvalue weighted by Gasteiger charge is -2.38. The summed E-state index contributed by atoms with van der Waals surface area (Å²) in [4.78, 5) is 33.7. The fourth-order valence-electron chi connectivity index (χ4n) is 12.9. The van der Waals surface area contributed by atoms with E-state index in [2.05, 4.69) is 144 Å². The number of ether oxygens (including phenoxy) is 2. The largest absolute Gasteiger partial charge is 0.461 e. The zero-order valence-corrected chi connectivity index (χ0v) is 52.4. The number of likely N-dealkylation sites (N-methyl/N-ethyl adjacent to an activating group) is 2. The molecule has 7 aromatic rings. The molecule has 1 saturated carbocycles. The second-order valence-corrected chi connectivity index (χ2v) is 24.1. The Morgan fingerprint density at radius 3 is 1.53 bits per heavy atom. The maximum Gasteiger partial charge on any atom is 0.306 e. The fraction of sp³-hybridized carbons (Fsp3) is 0.329. The monoisotopic (exact) mass is 1170 g/mol. The van der Waals surface area contributed by atoms with Crippen LogP contribution in [0, 0.1) is 0 Å². The van der Waals surface area contributed by atoms with Gasteiger partial charge in [-0.05, 0) is 118 Å². The average molecular weight is 1170 g/mol. The number of nitrogen functional groups attached to an aromatic ring is 4. The Balaban J connectivity index is 0.000000342. The average Bonchev–Trinajstić information content (AvgIpc) is 2.05. The van der Waals surface area contributed by atoms with Gasteiger partial charge in [0.05, 0.1) is 19.5 Å². The second-order valence-electron chi connectivity index (χ2n) is 24.1. The molecule has 7 aromatic carbocycles. The van der Waals surface area contributed by atoms with Crippen LogP contribution >= 0.6 is 0 Å². The Hall–Kier alpha value is -9.01. The first-order chi connectivity index (χ1) is 41.8. The van der Waals surface area contributed by atoms with Crippen molar-refractivity contribution < 1.29 is 23.6 Å². The zero-order valence-electron chi connectivity index (χ0n) is 52.4. The van der Waals surface area contributed by atoms with E-state index in [4.69, 9.17) is 27.7 Å². The lowest BCUT2D eigenvalue weighted by atomic mass is 9.82. The first kappa shape index (κ1) is 62.5. The summed E-state index contributed by atoms with van der Waals surface area (Å²) in [5, 5.41) is 11.0. The van der Waals surface area contributed by atoms with Gasteiger partial charge in [-0.25, -0.2) is 4.58 Å².